The monoisotopic (exact) mass is 540 g/mol. The van der Waals surface area contributed by atoms with Gasteiger partial charge in [-0.05, 0) is 42.0 Å². The molecule has 0 radical (unpaired) electrons. The van der Waals surface area contributed by atoms with Crippen molar-refractivity contribution in [2.24, 2.45) is 7.05 Å². The van der Waals surface area contributed by atoms with Crippen LogP contribution in [0.3, 0.4) is 0 Å². The summed E-state index contributed by atoms with van der Waals surface area (Å²) in [6.07, 6.45) is 5.55. The number of carbonyl (C=O) groups is 4. The summed E-state index contributed by atoms with van der Waals surface area (Å²) in [5, 5.41) is 6.52. The lowest BCUT2D eigenvalue weighted by molar-refractivity contribution is -0.136. The van der Waals surface area contributed by atoms with Gasteiger partial charge in [-0.2, -0.15) is 5.10 Å². The largest absolute Gasteiger partial charge is 0.366 e. The molecule has 1 N–H and O–H groups in total. The number of fused-ring (bicyclic) bond motifs is 1. The van der Waals surface area contributed by atoms with Gasteiger partial charge in [-0.3, -0.25) is 39.0 Å². The van der Waals surface area contributed by atoms with Crippen LogP contribution in [0.1, 0.15) is 50.2 Å². The zero-order chi connectivity index (χ0) is 27.8. The molecule has 2 saturated heterocycles. The third kappa shape index (κ3) is 5.02. The molecule has 2 fully saturated rings. The number of hydrogen-bond acceptors (Lipinski definition) is 7. The highest BCUT2D eigenvalue weighted by Gasteiger charge is 2.45. The molecule has 40 heavy (non-hydrogen) atoms. The molecule has 206 valence electrons. The van der Waals surface area contributed by atoms with Crippen LogP contribution in [0.2, 0.25) is 0 Å². The third-order valence-corrected chi connectivity index (χ3v) is 8.10. The zero-order valence-electron chi connectivity index (χ0n) is 22.5. The average Bonchev–Trinajstić information content (AvgIpc) is 3.50. The van der Waals surface area contributed by atoms with E-state index in [-0.39, 0.29) is 18.7 Å². The summed E-state index contributed by atoms with van der Waals surface area (Å²) in [7, 11) is 1.94. The fourth-order valence-corrected chi connectivity index (χ4v) is 5.88. The number of nitrogens with zero attached hydrogens (tertiary/aromatic N) is 5. The number of aryl methyl sites for hydroxylation is 3. The molecule has 4 amide bonds. The Morgan fingerprint density at radius 3 is 2.35 bits per heavy atom. The lowest BCUT2D eigenvalue weighted by Gasteiger charge is -2.35. The number of piperazine rings is 1. The Morgan fingerprint density at radius 2 is 1.65 bits per heavy atom. The van der Waals surface area contributed by atoms with Crippen molar-refractivity contribution in [1.82, 2.24) is 24.9 Å². The third-order valence-electron chi connectivity index (χ3n) is 8.10. The highest BCUT2D eigenvalue weighted by molar-refractivity contribution is 6.24. The van der Waals surface area contributed by atoms with Crippen molar-refractivity contribution in [3.05, 3.63) is 82.7 Å². The van der Waals surface area contributed by atoms with Crippen LogP contribution in [-0.2, 0) is 36.0 Å². The second kappa shape index (κ2) is 10.7. The smallest absolute Gasteiger partial charge is 0.262 e. The van der Waals surface area contributed by atoms with Crippen LogP contribution in [0.5, 0.6) is 0 Å². The predicted molar refractivity (Wildman–Crippen MR) is 148 cm³/mol. The molecule has 1 atom stereocenters. The molecule has 0 aliphatic carbocycles. The van der Waals surface area contributed by atoms with Gasteiger partial charge in [0.15, 0.2) is 0 Å². The first kappa shape index (κ1) is 25.9. The van der Waals surface area contributed by atoms with Crippen LogP contribution in [0, 0.1) is 0 Å². The maximum absolute atomic E-state index is 13.3. The molecule has 3 aromatic rings. The predicted octanol–water partition coefficient (Wildman–Crippen LogP) is 1.93. The molecule has 0 spiro atoms. The van der Waals surface area contributed by atoms with Crippen molar-refractivity contribution < 1.29 is 19.2 Å². The first-order chi connectivity index (χ1) is 19.4. The normalized spacial score (nSPS) is 19.8. The Kier molecular flexibility index (Phi) is 6.93. The van der Waals surface area contributed by atoms with Crippen LogP contribution < -0.4 is 10.2 Å². The summed E-state index contributed by atoms with van der Waals surface area (Å²) in [4.78, 5) is 56.2. The van der Waals surface area contributed by atoms with E-state index in [9.17, 15) is 19.2 Å². The fraction of sp³-hybridized carbons (Fsp3) is 0.367. The molecule has 10 nitrogen and oxygen atoms in total. The number of carbonyl (C=O) groups excluding carboxylic acids is 4. The van der Waals surface area contributed by atoms with Gasteiger partial charge < -0.3 is 4.90 Å². The maximum Gasteiger partial charge on any atom is 0.262 e. The van der Waals surface area contributed by atoms with E-state index in [0.717, 1.165) is 55.2 Å². The van der Waals surface area contributed by atoms with Crippen molar-refractivity contribution in [2.45, 2.75) is 38.3 Å². The molecule has 0 saturated carbocycles. The van der Waals surface area contributed by atoms with Crippen molar-refractivity contribution >= 4 is 29.3 Å². The Hall–Kier alpha value is -4.31. The summed E-state index contributed by atoms with van der Waals surface area (Å²) in [5.74, 6) is -1.90. The molecular weight excluding hydrogens is 508 g/mol. The second-order valence-electron chi connectivity index (χ2n) is 10.7. The van der Waals surface area contributed by atoms with Gasteiger partial charge in [-0.1, -0.05) is 36.4 Å². The molecule has 4 heterocycles. The number of rotatable bonds is 7. The van der Waals surface area contributed by atoms with Crippen LogP contribution in [0.25, 0.3) is 0 Å². The molecule has 6 rings (SSSR count). The highest BCUT2D eigenvalue weighted by Crippen LogP contribution is 2.30. The number of amides is 4. The molecule has 0 bridgehead atoms. The van der Waals surface area contributed by atoms with Gasteiger partial charge in [0, 0.05) is 52.4 Å². The summed E-state index contributed by atoms with van der Waals surface area (Å²) in [5.41, 5.74) is 5.08. The van der Waals surface area contributed by atoms with Crippen molar-refractivity contribution in [3.8, 4) is 0 Å². The molecule has 2 aromatic carbocycles. The van der Waals surface area contributed by atoms with Crippen LogP contribution in [0.4, 0.5) is 5.69 Å². The van der Waals surface area contributed by atoms with Crippen molar-refractivity contribution in [3.63, 3.8) is 0 Å². The molecule has 1 unspecified atom stereocenters. The maximum atomic E-state index is 13.3. The standard InChI is InChI=1S/C30H32N6O4/c1-33-19-23(17-31-33)35-15-13-34(14-16-35)18-21-7-5-20(6-8-21)9-10-22-3-2-4-24-27(22)30(40)36(29(24)39)25-11-12-26(37)32-28(25)38/h2-8,17,19,25H,9-16,18H2,1H3,(H,32,37,38). The van der Waals surface area contributed by atoms with Gasteiger partial charge in [0.05, 0.1) is 23.0 Å². The Labute approximate surface area is 232 Å². The molecule has 3 aliphatic rings. The van der Waals surface area contributed by atoms with Crippen LogP contribution in [0.15, 0.2) is 54.9 Å². The van der Waals surface area contributed by atoms with Crippen molar-refractivity contribution in [2.75, 3.05) is 31.1 Å². The topological polar surface area (TPSA) is 108 Å². The number of nitrogens with one attached hydrogen (secondary N) is 1. The minimum Gasteiger partial charge on any atom is -0.366 e. The molecule has 1 aromatic heterocycles. The average molecular weight is 541 g/mol. The fourth-order valence-electron chi connectivity index (χ4n) is 5.88. The number of imide groups is 2. The minimum atomic E-state index is -0.955. The lowest BCUT2D eigenvalue weighted by Crippen LogP contribution is -2.54. The number of piperidine rings is 1. The van der Waals surface area contributed by atoms with Gasteiger partial charge in [0.1, 0.15) is 6.04 Å². The van der Waals surface area contributed by atoms with E-state index >= 15 is 0 Å². The van der Waals surface area contributed by atoms with E-state index in [4.69, 9.17) is 0 Å². The first-order valence-electron chi connectivity index (χ1n) is 13.7. The summed E-state index contributed by atoms with van der Waals surface area (Å²) < 4.78 is 1.84. The van der Waals surface area contributed by atoms with E-state index in [0.29, 0.717) is 17.5 Å². The number of benzene rings is 2. The zero-order valence-corrected chi connectivity index (χ0v) is 22.5. The SMILES string of the molecule is Cn1cc(N2CCN(Cc3ccc(CCc4cccc5c4C(=O)N(C4CCC(=O)NC4=O)C5=O)cc3)CC2)cn1. The Bertz CT molecular complexity index is 1470. The minimum absolute atomic E-state index is 0.105. The van der Waals surface area contributed by atoms with Gasteiger partial charge in [-0.15, -0.1) is 0 Å². The van der Waals surface area contributed by atoms with Gasteiger partial charge in [-0.25, -0.2) is 0 Å². The van der Waals surface area contributed by atoms with E-state index in [1.807, 2.05) is 24.0 Å². The Morgan fingerprint density at radius 1 is 0.900 bits per heavy atom. The molecule has 10 heteroatoms. The van der Waals surface area contributed by atoms with Crippen LogP contribution >= 0.6 is 0 Å². The van der Waals surface area contributed by atoms with E-state index < -0.39 is 23.8 Å². The first-order valence-corrected chi connectivity index (χ1v) is 13.7. The van der Waals surface area contributed by atoms with Crippen molar-refractivity contribution in [1.29, 1.82) is 0 Å². The summed E-state index contributed by atoms with van der Waals surface area (Å²) in [6, 6.07) is 12.9. The summed E-state index contributed by atoms with van der Waals surface area (Å²) >= 11 is 0. The molecular formula is C30H32N6O4. The van der Waals surface area contributed by atoms with E-state index in [1.165, 1.54) is 11.3 Å². The number of hydrogen-bond donors (Lipinski definition) is 1. The molecule has 3 aliphatic heterocycles. The second-order valence-corrected chi connectivity index (χ2v) is 10.7. The van der Waals surface area contributed by atoms with Gasteiger partial charge in [0.2, 0.25) is 11.8 Å². The number of aromatic nitrogens is 2. The van der Waals surface area contributed by atoms with Crippen LogP contribution in [-0.4, -0.2) is 75.4 Å². The lowest BCUT2D eigenvalue weighted by atomic mass is 9.96. The van der Waals surface area contributed by atoms with Gasteiger partial charge in [0.25, 0.3) is 11.8 Å². The number of anilines is 1. The summed E-state index contributed by atoms with van der Waals surface area (Å²) in [6.45, 7) is 4.86. The van der Waals surface area contributed by atoms with E-state index in [2.05, 4.69) is 50.7 Å². The Balaban J connectivity index is 1.06. The quantitative estimate of drug-likeness (QED) is 0.457. The van der Waals surface area contributed by atoms with E-state index in [1.54, 1.807) is 12.1 Å². The van der Waals surface area contributed by atoms with Gasteiger partial charge >= 0.3 is 0 Å². The highest BCUT2D eigenvalue weighted by atomic mass is 16.2.